The molecule has 0 aromatic carbocycles. The predicted octanol–water partition coefficient (Wildman–Crippen LogP) is 2.67. The van der Waals surface area contributed by atoms with Gasteiger partial charge in [-0.2, -0.15) is 0 Å². The maximum absolute atomic E-state index is 11.9. The third kappa shape index (κ3) is 5.20. The first-order valence-electron chi connectivity index (χ1n) is 5.65. The Morgan fingerprint density at radius 1 is 1.17 bits per heavy atom. The lowest BCUT2D eigenvalue weighted by Gasteiger charge is -2.24. The van der Waals surface area contributed by atoms with Crippen molar-refractivity contribution in [2.45, 2.75) is 19.8 Å². The third-order valence-corrected chi connectivity index (χ3v) is 3.14. The summed E-state index contributed by atoms with van der Waals surface area (Å²) >= 11 is 2.20. The van der Waals surface area contributed by atoms with E-state index in [0.29, 0.717) is 6.42 Å². The lowest BCUT2D eigenvalue weighted by atomic mass is 9.86. The molecule has 0 unspecified atom stereocenters. The first kappa shape index (κ1) is 17.2. The molecule has 0 saturated carbocycles. The molecule has 0 aliphatic carbocycles. The maximum Gasteiger partial charge on any atom is 0.323 e. The van der Waals surface area contributed by atoms with Crippen molar-refractivity contribution in [2.75, 3.05) is 17.6 Å². The van der Waals surface area contributed by atoms with Gasteiger partial charge in [0.25, 0.3) is 0 Å². The van der Waals surface area contributed by atoms with Crippen molar-refractivity contribution < 1.29 is 19.1 Å². The highest BCUT2D eigenvalue weighted by Gasteiger charge is 2.43. The highest BCUT2D eigenvalue weighted by molar-refractivity contribution is 14.1. The van der Waals surface area contributed by atoms with E-state index in [1.165, 1.54) is 12.2 Å². The Balaban J connectivity index is 4.78. The Kier molecular flexibility index (Phi) is 8.70. The third-order valence-electron chi connectivity index (χ3n) is 2.38. The molecule has 0 aliphatic heterocycles. The van der Waals surface area contributed by atoms with E-state index in [4.69, 9.17) is 9.47 Å². The fourth-order valence-electron chi connectivity index (χ4n) is 1.30. The van der Waals surface area contributed by atoms with Crippen LogP contribution >= 0.6 is 22.6 Å². The van der Waals surface area contributed by atoms with Crippen LogP contribution in [0.15, 0.2) is 25.3 Å². The standard InChI is InChI=1S/C13H19IO4/c1-4-9-17-11(15)13(3,7-6-8-14)12(16)18-10-5-2/h4-5H,1-2,6-10H2,3H3. The van der Waals surface area contributed by atoms with E-state index < -0.39 is 17.4 Å². The lowest BCUT2D eigenvalue weighted by Crippen LogP contribution is -2.39. The van der Waals surface area contributed by atoms with Crippen LogP contribution in [0, 0.1) is 5.41 Å². The number of halogens is 1. The minimum Gasteiger partial charge on any atom is -0.461 e. The zero-order valence-corrected chi connectivity index (χ0v) is 12.8. The predicted molar refractivity (Wildman–Crippen MR) is 78.5 cm³/mol. The highest BCUT2D eigenvalue weighted by atomic mass is 127. The number of hydrogen-bond acceptors (Lipinski definition) is 4. The van der Waals surface area contributed by atoms with Crippen molar-refractivity contribution in [3.05, 3.63) is 25.3 Å². The average Bonchev–Trinajstić information content (AvgIpc) is 2.38. The van der Waals surface area contributed by atoms with Crippen molar-refractivity contribution in [1.82, 2.24) is 0 Å². The van der Waals surface area contributed by atoms with Crippen LogP contribution in [0.2, 0.25) is 0 Å². The van der Waals surface area contributed by atoms with Crippen LogP contribution in [0.1, 0.15) is 19.8 Å². The SMILES string of the molecule is C=CCOC(=O)C(C)(CCCI)C(=O)OCC=C. The molecule has 0 fully saturated rings. The van der Waals surface area contributed by atoms with Crippen molar-refractivity contribution in [3.8, 4) is 0 Å². The molecule has 0 bridgehead atoms. The maximum atomic E-state index is 11.9. The van der Waals surface area contributed by atoms with E-state index in [0.717, 1.165) is 10.8 Å². The van der Waals surface area contributed by atoms with E-state index >= 15 is 0 Å². The number of rotatable bonds is 9. The number of esters is 2. The normalized spacial score (nSPS) is 10.6. The second kappa shape index (κ2) is 9.13. The summed E-state index contributed by atoms with van der Waals surface area (Å²) in [4.78, 5) is 23.9. The molecule has 0 radical (unpaired) electrons. The van der Waals surface area contributed by atoms with Crippen LogP contribution in [0.4, 0.5) is 0 Å². The zero-order chi connectivity index (χ0) is 14.0. The average molecular weight is 366 g/mol. The zero-order valence-electron chi connectivity index (χ0n) is 10.6. The topological polar surface area (TPSA) is 52.6 Å². The van der Waals surface area contributed by atoms with Crippen LogP contribution in [0.5, 0.6) is 0 Å². The number of carbonyl (C=O) groups excluding carboxylic acids is 2. The van der Waals surface area contributed by atoms with Gasteiger partial charge in [0.15, 0.2) is 5.41 Å². The van der Waals surface area contributed by atoms with Gasteiger partial charge in [-0.25, -0.2) is 0 Å². The summed E-state index contributed by atoms with van der Waals surface area (Å²) < 4.78 is 10.8. The lowest BCUT2D eigenvalue weighted by molar-refractivity contribution is -0.170. The molecule has 0 atom stereocenters. The molecule has 18 heavy (non-hydrogen) atoms. The Bertz CT molecular complexity index is 288. The van der Waals surface area contributed by atoms with Crippen LogP contribution in [0.25, 0.3) is 0 Å². The van der Waals surface area contributed by atoms with Crippen molar-refractivity contribution in [2.24, 2.45) is 5.41 Å². The summed E-state index contributed by atoms with van der Waals surface area (Å²) in [5.41, 5.74) is -1.25. The van der Waals surface area contributed by atoms with Crippen molar-refractivity contribution in [1.29, 1.82) is 0 Å². The fraction of sp³-hybridized carbons (Fsp3) is 0.538. The van der Waals surface area contributed by atoms with Crippen LogP contribution < -0.4 is 0 Å². The summed E-state index contributed by atoms with van der Waals surface area (Å²) in [5, 5.41) is 0. The molecule has 0 N–H and O–H groups in total. The van der Waals surface area contributed by atoms with Crippen molar-refractivity contribution in [3.63, 3.8) is 0 Å². The van der Waals surface area contributed by atoms with Gasteiger partial charge in [-0.05, 0) is 24.2 Å². The van der Waals surface area contributed by atoms with Gasteiger partial charge in [-0.1, -0.05) is 47.9 Å². The van der Waals surface area contributed by atoms with E-state index in [1.807, 2.05) is 0 Å². The van der Waals surface area contributed by atoms with E-state index in [9.17, 15) is 9.59 Å². The first-order chi connectivity index (χ1) is 8.52. The monoisotopic (exact) mass is 366 g/mol. The molecule has 0 saturated heterocycles. The molecular weight excluding hydrogens is 347 g/mol. The molecular formula is C13H19IO4. The molecule has 0 aromatic heterocycles. The van der Waals surface area contributed by atoms with Gasteiger partial charge in [0.2, 0.25) is 0 Å². The molecule has 102 valence electrons. The second-order valence-electron chi connectivity index (χ2n) is 3.90. The number of hydrogen-bond donors (Lipinski definition) is 0. The molecule has 0 amide bonds. The van der Waals surface area contributed by atoms with Gasteiger partial charge in [0, 0.05) is 0 Å². The second-order valence-corrected chi connectivity index (χ2v) is 4.98. The van der Waals surface area contributed by atoms with Gasteiger partial charge in [0.05, 0.1) is 0 Å². The Morgan fingerprint density at radius 3 is 1.94 bits per heavy atom. The molecule has 0 heterocycles. The molecule has 0 aliphatic rings. The van der Waals surface area contributed by atoms with Gasteiger partial charge >= 0.3 is 11.9 Å². The van der Waals surface area contributed by atoms with Gasteiger partial charge in [0.1, 0.15) is 13.2 Å². The molecule has 0 aromatic rings. The summed E-state index contributed by atoms with van der Waals surface area (Å²) in [6.07, 6.45) is 4.07. The Morgan fingerprint density at radius 2 is 1.61 bits per heavy atom. The van der Waals surface area contributed by atoms with Crippen molar-refractivity contribution >= 4 is 34.5 Å². The summed E-state index contributed by atoms with van der Waals surface area (Å²) in [7, 11) is 0. The smallest absolute Gasteiger partial charge is 0.323 e. The van der Waals surface area contributed by atoms with Gasteiger partial charge in [-0.3, -0.25) is 9.59 Å². The number of ether oxygens (including phenoxy) is 2. The molecule has 0 rings (SSSR count). The Labute approximate surface area is 122 Å². The highest BCUT2D eigenvalue weighted by Crippen LogP contribution is 2.27. The van der Waals surface area contributed by atoms with E-state index in [2.05, 4.69) is 35.7 Å². The summed E-state index contributed by atoms with van der Waals surface area (Å²) in [6, 6.07) is 0. The van der Waals surface area contributed by atoms with Crippen LogP contribution in [-0.4, -0.2) is 29.6 Å². The van der Waals surface area contributed by atoms with Crippen LogP contribution in [-0.2, 0) is 19.1 Å². The number of alkyl halides is 1. The van der Waals surface area contributed by atoms with E-state index in [-0.39, 0.29) is 13.2 Å². The fourth-order valence-corrected chi connectivity index (χ4v) is 1.68. The quantitative estimate of drug-likeness (QED) is 0.207. The van der Waals surface area contributed by atoms with Gasteiger partial charge < -0.3 is 9.47 Å². The molecule has 4 nitrogen and oxygen atoms in total. The minimum atomic E-state index is -1.25. The molecule has 5 heteroatoms. The van der Waals surface area contributed by atoms with Crippen LogP contribution in [0.3, 0.4) is 0 Å². The largest absolute Gasteiger partial charge is 0.461 e. The number of carbonyl (C=O) groups is 2. The Hall–Kier alpha value is -0.850. The molecule has 0 spiro atoms. The summed E-state index contributed by atoms with van der Waals surface area (Å²) in [5.74, 6) is -1.14. The summed E-state index contributed by atoms with van der Waals surface area (Å²) in [6.45, 7) is 8.66. The first-order valence-corrected chi connectivity index (χ1v) is 7.17. The van der Waals surface area contributed by atoms with Gasteiger partial charge in [-0.15, -0.1) is 0 Å². The van der Waals surface area contributed by atoms with E-state index in [1.54, 1.807) is 6.92 Å². The minimum absolute atomic E-state index is 0.0907.